The fraction of sp³-hybridized carbons (Fsp3) is 0.214. The van der Waals surface area contributed by atoms with Crippen LogP contribution in [-0.4, -0.2) is 21.9 Å². The third kappa shape index (κ3) is 2.90. The Labute approximate surface area is 115 Å². The van der Waals surface area contributed by atoms with E-state index in [1.165, 1.54) is 24.5 Å². The summed E-state index contributed by atoms with van der Waals surface area (Å²) in [4.78, 5) is 20.1. The SMILES string of the molecule is O=C(Nc1ccccc1F)c1cnc(NC2CC2)nc1. The van der Waals surface area contributed by atoms with Crippen molar-refractivity contribution in [1.82, 2.24) is 9.97 Å². The molecular formula is C14H13FN4O. The molecule has 0 unspecified atom stereocenters. The molecule has 1 aromatic carbocycles. The molecule has 6 heteroatoms. The zero-order chi connectivity index (χ0) is 13.9. The minimum absolute atomic E-state index is 0.137. The summed E-state index contributed by atoms with van der Waals surface area (Å²) in [5.74, 6) is -0.406. The molecule has 102 valence electrons. The van der Waals surface area contributed by atoms with Crippen molar-refractivity contribution >= 4 is 17.5 Å². The minimum atomic E-state index is -0.478. The highest BCUT2D eigenvalue weighted by atomic mass is 19.1. The number of hydrogen-bond acceptors (Lipinski definition) is 4. The molecule has 0 radical (unpaired) electrons. The number of amides is 1. The van der Waals surface area contributed by atoms with Gasteiger partial charge >= 0.3 is 0 Å². The van der Waals surface area contributed by atoms with Crippen LogP contribution in [0.15, 0.2) is 36.7 Å². The van der Waals surface area contributed by atoms with Crippen molar-refractivity contribution in [2.75, 3.05) is 10.6 Å². The standard InChI is InChI=1S/C14H13FN4O/c15-11-3-1-2-4-12(11)19-13(20)9-7-16-14(17-8-9)18-10-5-6-10/h1-4,7-8,10H,5-6H2,(H,19,20)(H,16,17,18). The first-order valence-corrected chi connectivity index (χ1v) is 6.37. The number of anilines is 2. The second-order valence-corrected chi connectivity index (χ2v) is 4.65. The molecule has 1 amide bonds. The van der Waals surface area contributed by atoms with E-state index < -0.39 is 11.7 Å². The van der Waals surface area contributed by atoms with Crippen molar-refractivity contribution in [1.29, 1.82) is 0 Å². The summed E-state index contributed by atoms with van der Waals surface area (Å²) in [6, 6.07) is 6.45. The number of nitrogens with one attached hydrogen (secondary N) is 2. The van der Waals surface area contributed by atoms with E-state index in [2.05, 4.69) is 20.6 Å². The largest absolute Gasteiger partial charge is 0.351 e. The predicted molar refractivity (Wildman–Crippen MR) is 73.0 cm³/mol. The van der Waals surface area contributed by atoms with Crippen molar-refractivity contribution in [3.05, 3.63) is 48.0 Å². The molecule has 0 aliphatic heterocycles. The van der Waals surface area contributed by atoms with Gasteiger partial charge in [-0.1, -0.05) is 12.1 Å². The molecule has 1 aromatic heterocycles. The molecule has 1 fully saturated rings. The summed E-state index contributed by atoms with van der Waals surface area (Å²) in [7, 11) is 0. The Hall–Kier alpha value is -2.50. The average Bonchev–Trinajstić information content (AvgIpc) is 3.26. The maximum absolute atomic E-state index is 13.4. The van der Waals surface area contributed by atoms with E-state index in [0.29, 0.717) is 12.0 Å². The van der Waals surface area contributed by atoms with Crippen LogP contribution in [-0.2, 0) is 0 Å². The number of halogens is 1. The van der Waals surface area contributed by atoms with Gasteiger partial charge < -0.3 is 10.6 Å². The van der Waals surface area contributed by atoms with Gasteiger partial charge in [0.2, 0.25) is 5.95 Å². The monoisotopic (exact) mass is 272 g/mol. The van der Waals surface area contributed by atoms with Crippen molar-refractivity contribution in [2.24, 2.45) is 0 Å². The van der Waals surface area contributed by atoms with Gasteiger partial charge in [0.15, 0.2) is 0 Å². The van der Waals surface area contributed by atoms with Crippen molar-refractivity contribution in [3.63, 3.8) is 0 Å². The third-order valence-corrected chi connectivity index (χ3v) is 2.95. The highest BCUT2D eigenvalue weighted by molar-refractivity contribution is 6.03. The number of carbonyl (C=O) groups excluding carboxylic acids is 1. The van der Waals surface area contributed by atoms with Crippen LogP contribution in [0.3, 0.4) is 0 Å². The number of carbonyl (C=O) groups is 1. The fourth-order valence-corrected chi connectivity index (χ4v) is 1.69. The summed E-state index contributed by atoms with van der Waals surface area (Å²) >= 11 is 0. The lowest BCUT2D eigenvalue weighted by molar-refractivity contribution is 0.102. The van der Waals surface area contributed by atoms with Crippen LogP contribution >= 0.6 is 0 Å². The van der Waals surface area contributed by atoms with Crippen LogP contribution in [0.25, 0.3) is 0 Å². The molecule has 5 nitrogen and oxygen atoms in total. The van der Waals surface area contributed by atoms with Crippen molar-refractivity contribution in [2.45, 2.75) is 18.9 Å². The number of aromatic nitrogens is 2. The van der Waals surface area contributed by atoms with Crippen LogP contribution in [0.2, 0.25) is 0 Å². The molecular weight excluding hydrogens is 259 g/mol. The Kier molecular flexibility index (Phi) is 3.28. The first-order chi connectivity index (χ1) is 9.72. The van der Waals surface area contributed by atoms with E-state index in [1.807, 2.05) is 0 Å². The highest BCUT2D eigenvalue weighted by Crippen LogP contribution is 2.22. The number of hydrogen-bond donors (Lipinski definition) is 2. The summed E-state index contributed by atoms with van der Waals surface area (Å²) in [5, 5.41) is 5.61. The maximum atomic E-state index is 13.4. The van der Waals surface area contributed by atoms with E-state index in [0.717, 1.165) is 12.8 Å². The lowest BCUT2D eigenvalue weighted by Crippen LogP contribution is -2.14. The van der Waals surface area contributed by atoms with Gasteiger partial charge in [-0.05, 0) is 25.0 Å². The number of rotatable bonds is 4. The van der Waals surface area contributed by atoms with E-state index in [-0.39, 0.29) is 11.3 Å². The quantitative estimate of drug-likeness (QED) is 0.897. The Morgan fingerprint density at radius 2 is 1.90 bits per heavy atom. The normalized spacial score (nSPS) is 13.8. The molecule has 1 aliphatic carbocycles. The van der Waals surface area contributed by atoms with Crippen LogP contribution < -0.4 is 10.6 Å². The van der Waals surface area contributed by atoms with Crippen LogP contribution in [0, 0.1) is 5.82 Å². The van der Waals surface area contributed by atoms with Gasteiger partial charge in [-0.25, -0.2) is 14.4 Å². The third-order valence-electron chi connectivity index (χ3n) is 2.95. The second kappa shape index (κ2) is 5.24. The summed E-state index contributed by atoms with van der Waals surface area (Å²) < 4.78 is 13.4. The lowest BCUT2D eigenvalue weighted by Gasteiger charge is -2.06. The van der Waals surface area contributed by atoms with Gasteiger partial charge in [0.1, 0.15) is 5.82 Å². The molecule has 1 saturated carbocycles. The molecule has 1 heterocycles. The molecule has 2 aromatic rings. The molecule has 0 atom stereocenters. The molecule has 20 heavy (non-hydrogen) atoms. The Morgan fingerprint density at radius 3 is 2.55 bits per heavy atom. The van der Waals surface area contributed by atoms with Crippen LogP contribution in [0.1, 0.15) is 23.2 Å². The summed E-state index contributed by atoms with van der Waals surface area (Å²) in [5.41, 5.74) is 0.423. The van der Waals surface area contributed by atoms with Gasteiger partial charge in [0.05, 0.1) is 11.3 Å². The Balaban J connectivity index is 1.68. The molecule has 3 rings (SSSR count). The van der Waals surface area contributed by atoms with Crippen molar-refractivity contribution in [3.8, 4) is 0 Å². The van der Waals surface area contributed by atoms with E-state index in [4.69, 9.17) is 0 Å². The van der Waals surface area contributed by atoms with Gasteiger partial charge in [0.25, 0.3) is 5.91 Å². The van der Waals surface area contributed by atoms with E-state index >= 15 is 0 Å². The average molecular weight is 272 g/mol. The zero-order valence-corrected chi connectivity index (χ0v) is 10.6. The summed E-state index contributed by atoms with van der Waals surface area (Å²) in [6.45, 7) is 0. The Bertz CT molecular complexity index is 625. The first-order valence-electron chi connectivity index (χ1n) is 6.37. The van der Waals surface area contributed by atoms with Gasteiger partial charge in [-0.15, -0.1) is 0 Å². The van der Waals surface area contributed by atoms with Crippen LogP contribution in [0.5, 0.6) is 0 Å². The summed E-state index contributed by atoms with van der Waals surface area (Å²) in [6.07, 6.45) is 5.10. The predicted octanol–water partition coefficient (Wildman–Crippen LogP) is 2.44. The van der Waals surface area contributed by atoms with Gasteiger partial charge in [-0.3, -0.25) is 4.79 Å². The van der Waals surface area contributed by atoms with Crippen LogP contribution in [0.4, 0.5) is 16.0 Å². The fourth-order valence-electron chi connectivity index (χ4n) is 1.69. The molecule has 0 spiro atoms. The lowest BCUT2D eigenvalue weighted by atomic mass is 10.2. The minimum Gasteiger partial charge on any atom is -0.351 e. The topological polar surface area (TPSA) is 66.9 Å². The number of nitrogens with zero attached hydrogens (tertiary/aromatic N) is 2. The smallest absolute Gasteiger partial charge is 0.258 e. The highest BCUT2D eigenvalue weighted by Gasteiger charge is 2.21. The van der Waals surface area contributed by atoms with E-state index in [1.54, 1.807) is 12.1 Å². The molecule has 1 aliphatic rings. The molecule has 0 bridgehead atoms. The zero-order valence-electron chi connectivity index (χ0n) is 10.6. The maximum Gasteiger partial charge on any atom is 0.258 e. The number of benzene rings is 1. The number of para-hydroxylation sites is 1. The molecule has 2 N–H and O–H groups in total. The second-order valence-electron chi connectivity index (χ2n) is 4.65. The van der Waals surface area contributed by atoms with Crippen molar-refractivity contribution < 1.29 is 9.18 Å². The Morgan fingerprint density at radius 1 is 1.20 bits per heavy atom. The van der Waals surface area contributed by atoms with E-state index in [9.17, 15) is 9.18 Å². The van der Waals surface area contributed by atoms with Gasteiger partial charge in [-0.2, -0.15) is 0 Å². The molecule has 0 saturated heterocycles. The first kappa shape index (κ1) is 12.5. The van der Waals surface area contributed by atoms with Gasteiger partial charge in [0, 0.05) is 18.4 Å².